The van der Waals surface area contributed by atoms with Crippen LogP contribution in [-0.2, 0) is 11.3 Å². The number of ether oxygens (including phenoxy) is 2. The van der Waals surface area contributed by atoms with Gasteiger partial charge >= 0.3 is 0 Å². The first-order chi connectivity index (χ1) is 15.1. The first-order valence-corrected chi connectivity index (χ1v) is 10.7. The largest absolute Gasteiger partial charge is 0.497 e. The smallest absolute Gasteiger partial charge is 0.252 e. The van der Waals surface area contributed by atoms with Crippen LogP contribution >= 0.6 is 0 Å². The standard InChI is InChI=1S/C24H32N4O3/c1-5-6-13-25-23(29)20-9-12-22-26-18(2)24(28(22)17-20)27(14-15-30-3)16-19-7-10-21(31-4)11-8-19/h7-12,17H,5-6,13-16H2,1-4H3,(H,25,29). The van der Waals surface area contributed by atoms with Crippen LogP contribution in [0.1, 0.15) is 41.4 Å². The summed E-state index contributed by atoms with van der Waals surface area (Å²) in [6.07, 6.45) is 3.89. The number of hydrogen-bond acceptors (Lipinski definition) is 5. The number of carbonyl (C=O) groups excluding carboxylic acids is 1. The molecule has 2 aromatic heterocycles. The molecule has 3 aromatic rings. The number of carbonyl (C=O) groups is 1. The number of fused-ring (bicyclic) bond motifs is 1. The number of pyridine rings is 1. The van der Waals surface area contributed by atoms with Crippen molar-refractivity contribution >= 4 is 17.4 Å². The fourth-order valence-corrected chi connectivity index (χ4v) is 3.56. The molecule has 0 atom stereocenters. The van der Waals surface area contributed by atoms with Crippen LogP contribution in [0.25, 0.3) is 5.65 Å². The minimum atomic E-state index is -0.0637. The molecule has 0 bridgehead atoms. The van der Waals surface area contributed by atoms with Crippen molar-refractivity contribution < 1.29 is 14.3 Å². The van der Waals surface area contributed by atoms with Gasteiger partial charge in [0.1, 0.15) is 17.2 Å². The third-order valence-electron chi connectivity index (χ3n) is 5.24. The molecule has 0 radical (unpaired) electrons. The van der Waals surface area contributed by atoms with Crippen molar-refractivity contribution in [3.05, 3.63) is 59.4 Å². The zero-order valence-electron chi connectivity index (χ0n) is 18.9. The Balaban J connectivity index is 1.93. The predicted octanol–water partition coefficient (Wildman–Crippen LogP) is 3.83. The van der Waals surface area contributed by atoms with Gasteiger partial charge in [-0.1, -0.05) is 25.5 Å². The van der Waals surface area contributed by atoms with E-state index in [4.69, 9.17) is 14.5 Å². The summed E-state index contributed by atoms with van der Waals surface area (Å²) >= 11 is 0. The maximum atomic E-state index is 12.6. The molecular formula is C24H32N4O3. The molecule has 0 aliphatic carbocycles. The van der Waals surface area contributed by atoms with Gasteiger partial charge in [0.15, 0.2) is 0 Å². The lowest BCUT2D eigenvalue weighted by molar-refractivity contribution is 0.0952. The lowest BCUT2D eigenvalue weighted by Gasteiger charge is -2.25. The van der Waals surface area contributed by atoms with Crippen LogP contribution in [0.5, 0.6) is 5.75 Å². The number of nitrogens with one attached hydrogen (secondary N) is 1. The molecular weight excluding hydrogens is 392 g/mol. The molecule has 31 heavy (non-hydrogen) atoms. The average molecular weight is 425 g/mol. The number of unbranched alkanes of at least 4 members (excludes halogenated alkanes) is 1. The molecule has 1 N–H and O–H groups in total. The van der Waals surface area contributed by atoms with Crippen molar-refractivity contribution in [2.75, 3.05) is 38.8 Å². The summed E-state index contributed by atoms with van der Waals surface area (Å²) in [5, 5.41) is 2.99. The van der Waals surface area contributed by atoms with Crippen LogP contribution < -0.4 is 15.0 Å². The summed E-state index contributed by atoms with van der Waals surface area (Å²) in [4.78, 5) is 19.5. The molecule has 0 fully saturated rings. The fraction of sp³-hybridized carbons (Fsp3) is 0.417. The van der Waals surface area contributed by atoms with E-state index in [9.17, 15) is 4.79 Å². The number of methoxy groups -OCH3 is 2. The number of aromatic nitrogens is 2. The second-order valence-corrected chi connectivity index (χ2v) is 7.54. The third-order valence-corrected chi connectivity index (χ3v) is 5.24. The van der Waals surface area contributed by atoms with Gasteiger partial charge in [-0.3, -0.25) is 9.20 Å². The summed E-state index contributed by atoms with van der Waals surface area (Å²) < 4.78 is 12.6. The molecule has 1 amide bonds. The van der Waals surface area contributed by atoms with Crippen LogP contribution in [0.15, 0.2) is 42.6 Å². The molecule has 3 rings (SSSR count). The van der Waals surface area contributed by atoms with Gasteiger partial charge in [-0.05, 0) is 43.2 Å². The van der Waals surface area contributed by atoms with Crippen molar-refractivity contribution in [1.82, 2.24) is 14.7 Å². The first kappa shape index (κ1) is 22.6. The van der Waals surface area contributed by atoms with Gasteiger partial charge in [0.25, 0.3) is 5.91 Å². The number of aryl methyl sites for hydroxylation is 1. The van der Waals surface area contributed by atoms with E-state index in [-0.39, 0.29) is 5.91 Å². The van der Waals surface area contributed by atoms with Crippen molar-refractivity contribution in [1.29, 1.82) is 0 Å². The molecule has 0 aliphatic heterocycles. The van der Waals surface area contributed by atoms with Gasteiger partial charge in [-0.2, -0.15) is 0 Å². The molecule has 0 spiro atoms. The Morgan fingerprint density at radius 1 is 1.16 bits per heavy atom. The second-order valence-electron chi connectivity index (χ2n) is 7.54. The van der Waals surface area contributed by atoms with Crippen LogP contribution in [0.4, 0.5) is 5.82 Å². The molecule has 7 nitrogen and oxygen atoms in total. The maximum Gasteiger partial charge on any atom is 0.252 e. The Morgan fingerprint density at radius 3 is 2.61 bits per heavy atom. The molecule has 166 valence electrons. The molecule has 0 saturated heterocycles. The highest BCUT2D eigenvalue weighted by molar-refractivity contribution is 5.94. The minimum absolute atomic E-state index is 0.0637. The molecule has 0 saturated carbocycles. The summed E-state index contributed by atoms with van der Waals surface area (Å²) in [7, 11) is 3.36. The Labute approximate surface area is 184 Å². The van der Waals surface area contributed by atoms with Crippen molar-refractivity contribution in [2.24, 2.45) is 0 Å². The van der Waals surface area contributed by atoms with Crippen molar-refractivity contribution in [3.8, 4) is 5.75 Å². The van der Waals surface area contributed by atoms with E-state index in [0.717, 1.165) is 41.3 Å². The SMILES string of the molecule is CCCCNC(=O)c1ccc2nc(C)c(N(CCOC)Cc3ccc(OC)cc3)n2c1. The van der Waals surface area contributed by atoms with Crippen molar-refractivity contribution in [3.63, 3.8) is 0 Å². The molecule has 0 unspecified atom stereocenters. The van der Waals surface area contributed by atoms with E-state index in [1.165, 1.54) is 0 Å². The monoisotopic (exact) mass is 424 g/mol. The number of benzene rings is 1. The maximum absolute atomic E-state index is 12.6. The lowest BCUT2D eigenvalue weighted by atomic mass is 10.2. The highest BCUT2D eigenvalue weighted by atomic mass is 16.5. The number of anilines is 1. The normalized spacial score (nSPS) is 11.0. The second kappa shape index (κ2) is 10.8. The predicted molar refractivity (Wildman–Crippen MR) is 123 cm³/mol. The van der Waals surface area contributed by atoms with Gasteiger partial charge in [0.2, 0.25) is 0 Å². The van der Waals surface area contributed by atoms with Crippen LogP contribution in [-0.4, -0.2) is 49.2 Å². The topological polar surface area (TPSA) is 68.1 Å². The van der Waals surface area contributed by atoms with Crippen LogP contribution in [0.3, 0.4) is 0 Å². The van der Waals surface area contributed by atoms with E-state index in [1.807, 2.05) is 41.8 Å². The van der Waals surface area contributed by atoms with E-state index in [0.29, 0.717) is 31.8 Å². The van der Waals surface area contributed by atoms with E-state index < -0.39 is 0 Å². The quantitative estimate of drug-likeness (QED) is 0.474. The first-order valence-electron chi connectivity index (χ1n) is 10.7. The highest BCUT2D eigenvalue weighted by Crippen LogP contribution is 2.25. The number of nitrogens with zero attached hydrogens (tertiary/aromatic N) is 3. The minimum Gasteiger partial charge on any atom is -0.497 e. The Kier molecular flexibility index (Phi) is 7.89. The lowest BCUT2D eigenvalue weighted by Crippen LogP contribution is -2.29. The molecule has 7 heteroatoms. The van der Waals surface area contributed by atoms with E-state index in [2.05, 4.69) is 29.3 Å². The number of amides is 1. The van der Waals surface area contributed by atoms with Gasteiger partial charge < -0.3 is 19.7 Å². The zero-order chi connectivity index (χ0) is 22.2. The number of rotatable bonds is 11. The Bertz CT molecular complexity index is 998. The van der Waals surface area contributed by atoms with Gasteiger partial charge in [-0.25, -0.2) is 4.98 Å². The Hall–Kier alpha value is -3.06. The summed E-state index contributed by atoms with van der Waals surface area (Å²) in [6.45, 7) is 6.76. The average Bonchev–Trinajstić information content (AvgIpc) is 3.12. The Morgan fingerprint density at radius 2 is 1.94 bits per heavy atom. The number of imidazole rings is 1. The van der Waals surface area contributed by atoms with Crippen molar-refractivity contribution in [2.45, 2.75) is 33.2 Å². The molecule has 2 heterocycles. The highest BCUT2D eigenvalue weighted by Gasteiger charge is 2.18. The van der Waals surface area contributed by atoms with Gasteiger partial charge in [0, 0.05) is 32.9 Å². The summed E-state index contributed by atoms with van der Waals surface area (Å²) in [5.74, 6) is 1.73. The van der Waals surface area contributed by atoms with Gasteiger partial charge in [-0.15, -0.1) is 0 Å². The van der Waals surface area contributed by atoms with Crippen LogP contribution in [0.2, 0.25) is 0 Å². The molecule has 1 aromatic carbocycles. The van der Waals surface area contributed by atoms with E-state index >= 15 is 0 Å². The third kappa shape index (κ3) is 5.55. The van der Waals surface area contributed by atoms with Gasteiger partial charge in [0.05, 0.1) is 25.0 Å². The summed E-state index contributed by atoms with van der Waals surface area (Å²) in [5.41, 5.74) is 3.50. The number of hydrogen-bond donors (Lipinski definition) is 1. The summed E-state index contributed by atoms with van der Waals surface area (Å²) in [6, 6.07) is 11.8. The molecule has 0 aliphatic rings. The fourth-order valence-electron chi connectivity index (χ4n) is 3.56. The van der Waals surface area contributed by atoms with Crippen LogP contribution in [0, 0.1) is 6.92 Å². The van der Waals surface area contributed by atoms with E-state index in [1.54, 1.807) is 14.2 Å². The zero-order valence-corrected chi connectivity index (χ0v) is 18.9.